The molecule has 0 unspecified atom stereocenters. The van der Waals surface area contributed by atoms with Crippen molar-refractivity contribution in [1.29, 1.82) is 0 Å². The number of rotatable bonds is 3. The number of benzene rings is 1. The van der Waals surface area contributed by atoms with Crippen LogP contribution in [0.4, 0.5) is 0 Å². The first-order valence-electron chi connectivity index (χ1n) is 6.28. The first kappa shape index (κ1) is 16.2. The largest absolute Gasteiger partial charge is 0.336 e. The molecule has 0 atom stereocenters. The molecule has 1 saturated heterocycles. The van der Waals surface area contributed by atoms with Crippen LogP contribution in [0, 0.1) is 0 Å². The number of carbonyl (C=O) groups is 1. The van der Waals surface area contributed by atoms with E-state index < -0.39 is 10.0 Å². The summed E-state index contributed by atoms with van der Waals surface area (Å²) in [5.74, 6) is -0.255. The topological polar surface area (TPSA) is 90.0 Å². The van der Waals surface area contributed by atoms with E-state index in [1.165, 1.54) is 23.1 Å². The van der Waals surface area contributed by atoms with E-state index >= 15 is 0 Å². The van der Waals surface area contributed by atoms with Crippen molar-refractivity contribution in [3.8, 4) is 0 Å². The highest BCUT2D eigenvalue weighted by molar-refractivity contribution is 7.89. The summed E-state index contributed by atoms with van der Waals surface area (Å²) >= 11 is 5.81. The summed E-state index contributed by atoms with van der Waals surface area (Å²) in [7, 11) is -2.16. The zero-order valence-electron chi connectivity index (χ0n) is 11.4. The normalized spacial score (nSPS) is 17.0. The molecular formula is C12H16ClN3O4S. The van der Waals surface area contributed by atoms with E-state index in [4.69, 9.17) is 16.8 Å². The molecule has 1 aliphatic rings. The highest BCUT2D eigenvalue weighted by Crippen LogP contribution is 2.23. The number of nitrogens with zero attached hydrogens (tertiary/aromatic N) is 2. The predicted molar refractivity (Wildman–Crippen MR) is 77.0 cm³/mol. The number of hydrogen-bond acceptors (Lipinski definition) is 5. The van der Waals surface area contributed by atoms with Gasteiger partial charge in [-0.15, -0.1) is 0 Å². The fourth-order valence-electron chi connectivity index (χ4n) is 2.08. The highest BCUT2D eigenvalue weighted by atomic mass is 35.5. The molecule has 1 aromatic carbocycles. The number of nitrogens with one attached hydrogen (secondary N) is 1. The van der Waals surface area contributed by atoms with Crippen LogP contribution in [0.5, 0.6) is 0 Å². The molecule has 116 valence electrons. The first-order chi connectivity index (χ1) is 9.85. The van der Waals surface area contributed by atoms with Gasteiger partial charge >= 0.3 is 0 Å². The van der Waals surface area contributed by atoms with Crippen molar-refractivity contribution in [3.05, 3.63) is 28.8 Å². The van der Waals surface area contributed by atoms with Crippen LogP contribution in [-0.4, -0.2) is 62.6 Å². The molecule has 1 amide bonds. The Labute approximate surface area is 128 Å². The summed E-state index contributed by atoms with van der Waals surface area (Å²) in [6.07, 6.45) is 0. The molecule has 0 radical (unpaired) electrons. The zero-order valence-corrected chi connectivity index (χ0v) is 13.0. The monoisotopic (exact) mass is 333 g/mol. The quantitative estimate of drug-likeness (QED) is 0.781. The number of halogens is 1. The van der Waals surface area contributed by atoms with Gasteiger partial charge in [0.15, 0.2) is 0 Å². The summed E-state index contributed by atoms with van der Waals surface area (Å²) in [6.45, 7) is 2.70. The van der Waals surface area contributed by atoms with E-state index in [0.29, 0.717) is 13.1 Å². The van der Waals surface area contributed by atoms with Crippen LogP contribution in [0.2, 0.25) is 5.02 Å². The van der Waals surface area contributed by atoms with Crippen molar-refractivity contribution in [2.75, 3.05) is 33.2 Å². The number of hydrogen-bond donors (Lipinski definition) is 2. The number of amides is 1. The van der Waals surface area contributed by atoms with Crippen LogP contribution < -0.4 is 4.89 Å². The van der Waals surface area contributed by atoms with Gasteiger partial charge in [0.25, 0.3) is 15.9 Å². The summed E-state index contributed by atoms with van der Waals surface area (Å²) in [5, 5.41) is 8.62. The lowest BCUT2D eigenvalue weighted by Gasteiger charge is -2.32. The van der Waals surface area contributed by atoms with E-state index in [1.54, 1.807) is 4.90 Å². The average Bonchev–Trinajstić information content (AvgIpc) is 2.47. The fraction of sp³-hybridized carbons (Fsp3) is 0.417. The molecule has 1 heterocycles. The zero-order chi connectivity index (χ0) is 15.6. The Bertz CT molecular complexity index is 642. The Morgan fingerprint density at radius 1 is 1.29 bits per heavy atom. The summed E-state index contributed by atoms with van der Waals surface area (Å²) in [5.41, 5.74) is 0.220. The van der Waals surface area contributed by atoms with Crippen molar-refractivity contribution in [2.45, 2.75) is 4.90 Å². The smallest absolute Gasteiger partial charge is 0.263 e. The standard InChI is InChI=1S/C12H16ClN3O4S/c1-15-4-6-16(7-5-15)12(17)9-2-3-10(13)11(8-9)21(19,20)14-18/h2-3,8,14,18H,4-7H2,1H3. The second-order valence-electron chi connectivity index (χ2n) is 4.84. The van der Waals surface area contributed by atoms with Crippen molar-refractivity contribution in [2.24, 2.45) is 0 Å². The lowest BCUT2D eigenvalue weighted by molar-refractivity contribution is 0.0664. The van der Waals surface area contributed by atoms with Crippen LogP contribution in [0.25, 0.3) is 0 Å². The molecule has 0 saturated carbocycles. The van der Waals surface area contributed by atoms with Gasteiger partial charge in [-0.2, -0.15) is 0 Å². The minimum Gasteiger partial charge on any atom is -0.336 e. The molecule has 2 rings (SSSR count). The van der Waals surface area contributed by atoms with E-state index in [0.717, 1.165) is 13.1 Å². The molecule has 0 aliphatic carbocycles. The summed E-state index contributed by atoms with van der Waals surface area (Å²) < 4.78 is 23.3. The summed E-state index contributed by atoms with van der Waals surface area (Å²) in [4.78, 5) is 17.0. The van der Waals surface area contributed by atoms with E-state index in [2.05, 4.69) is 4.90 Å². The van der Waals surface area contributed by atoms with Crippen molar-refractivity contribution in [1.82, 2.24) is 14.7 Å². The van der Waals surface area contributed by atoms with Crippen LogP contribution in [-0.2, 0) is 10.0 Å². The average molecular weight is 334 g/mol. The SMILES string of the molecule is CN1CCN(C(=O)c2ccc(Cl)c(S(=O)(=O)NO)c2)CC1. The van der Waals surface area contributed by atoms with Crippen molar-refractivity contribution >= 4 is 27.5 Å². The molecular weight excluding hydrogens is 318 g/mol. The molecule has 0 spiro atoms. The first-order valence-corrected chi connectivity index (χ1v) is 8.14. The Hall–Kier alpha value is -1.19. The summed E-state index contributed by atoms with van der Waals surface area (Å²) in [6, 6.07) is 3.97. The predicted octanol–water partition coefficient (Wildman–Crippen LogP) is 0.395. The number of piperazine rings is 1. The molecule has 0 bridgehead atoms. The maximum atomic E-state index is 12.4. The van der Waals surface area contributed by atoms with Gasteiger partial charge in [-0.05, 0) is 25.2 Å². The van der Waals surface area contributed by atoms with E-state index in [-0.39, 0.29) is 21.4 Å². The van der Waals surface area contributed by atoms with Crippen LogP contribution >= 0.6 is 11.6 Å². The van der Waals surface area contributed by atoms with Gasteiger partial charge in [0.2, 0.25) is 0 Å². The van der Waals surface area contributed by atoms with E-state index in [1.807, 2.05) is 7.05 Å². The van der Waals surface area contributed by atoms with Gasteiger partial charge < -0.3 is 15.0 Å². The molecule has 1 fully saturated rings. The Morgan fingerprint density at radius 3 is 2.48 bits per heavy atom. The number of carbonyl (C=O) groups excluding carboxylic acids is 1. The maximum Gasteiger partial charge on any atom is 0.263 e. The minimum atomic E-state index is -4.13. The Kier molecular flexibility index (Phi) is 4.84. The fourth-order valence-corrected chi connectivity index (χ4v) is 3.21. The van der Waals surface area contributed by atoms with Crippen LogP contribution in [0.1, 0.15) is 10.4 Å². The van der Waals surface area contributed by atoms with Gasteiger partial charge in [0.1, 0.15) is 4.90 Å². The Balaban J connectivity index is 2.29. The molecule has 7 nitrogen and oxygen atoms in total. The molecule has 2 N–H and O–H groups in total. The number of sulfonamides is 1. The van der Waals surface area contributed by atoms with E-state index in [9.17, 15) is 13.2 Å². The van der Waals surface area contributed by atoms with Gasteiger partial charge in [-0.1, -0.05) is 16.5 Å². The third-order valence-corrected chi connectivity index (χ3v) is 4.98. The second kappa shape index (κ2) is 6.29. The lowest BCUT2D eigenvalue weighted by atomic mass is 10.2. The highest BCUT2D eigenvalue weighted by Gasteiger charge is 2.23. The molecule has 9 heteroatoms. The van der Waals surface area contributed by atoms with Gasteiger partial charge in [-0.25, -0.2) is 8.42 Å². The van der Waals surface area contributed by atoms with Gasteiger partial charge in [0.05, 0.1) is 5.02 Å². The molecule has 1 aromatic rings. The van der Waals surface area contributed by atoms with Gasteiger partial charge in [-0.3, -0.25) is 4.79 Å². The molecule has 0 aromatic heterocycles. The molecule has 1 aliphatic heterocycles. The van der Waals surface area contributed by atoms with Crippen molar-refractivity contribution in [3.63, 3.8) is 0 Å². The number of likely N-dealkylation sites (N-methyl/N-ethyl adjacent to an activating group) is 1. The van der Waals surface area contributed by atoms with Crippen LogP contribution in [0.15, 0.2) is 23.1 Å². The van der Waals surface area contributed by atoms with Crippen molar-refractivity contribution < 1.29 is 18.4 Å². The maximum absolute atomic E-state index is 12.4. The third kappa shape index (κ3) is 3.53. The van der Waals surface area contributed by atoms with Crippen LogP contribution in [0.3, 0.4) is 0 Å². The Morgan fingerprint density at radius 2 is 1.90 bits per heavy atom. The third-order valence-electron chi connectivity index (χ3n) is 3.38. The minimum absolute atomic E-state index is 0.0634. The molecule has 21 heavy (non-hydrogen) atoms. The second-order valence-corrected chi connectivity index (χ2v) is 6.87. The lowest BCUT2D eigenvalue weighted by Crippen LogP contribution is -2.47. The van der Waals surface area contributed by atoms with Gasteiger partial charge in [0, 0.05) is 31.7 Å².